The maximum absolute atomic E-state index is 13.9. The summed E-state index contributed by atoms with van der Waals surface area (Å²) in [5.74, 6) is -2.36. The van der Waals surface area contributed by atoms with E-state index < -0.39 is 29.0 Å². The number of piperazine rings is 1. The van der Waals surface area contributed by atoms with E-state index >= 15 is 0 Å². The van der Waals surface area contributed by atoms with Crippen molar-refractivity contribution in [3.05, 3.63) is 71.7 Å². The lowest BCUT2D eigenvalue weighted by Gasteiger charge is -2.35. The summed E-state index contributed by atoms with van der Waals surface area (Å²) in [4.78, 5) is 40.7. The lowest BCUT2D eigenvalue weighted by atomic mass is 10.1. The van der Waals surface area contributed by atoms with E-state index in [1.165, 1.54) is 23.4 Å². The van der Waals surface area contributed by atoms with E-state index in [0.29, 0.717) is 24.7 Å². The maximum atomic E-state index is 13.9. The van der Waals surface area contributed by atoms with Gasteiger partial charge < -0.3 is 20.9 Å². The average molecular weight is 443 g/mol. The zero-order valence-corrected chi connectivity index (χ0v) is 16.8. The van der Waals surface area contributed by atoms with E-state index in [0.717, 1.165) is 12.1 Å². The number of carbonyl (C=O) groups excluding carboxylic acids is 2. The SMILES string of the molecule is Nc1ncc(N2CCN(C(=O)c3c(F)cccc3F)CC2)nc1C(=O)Nc1ccccn1.[HH].[HH]. The second-order valence-electron chi connectivity index (χ2n) is 7.01. The number of nitrogens with two attached hydrogens (primary N) is 1. The lowest BCUT2D eigenvalue weighted by molar-refractivity contribution is 0.0736. The van der Waals surface area contributed by atoms with E-state index in [4.69, 9.17) is 5.73 Å². The molecule has 3 aromatic rings. The van der Waals surface area contributed by atoms with Crippen molar-refractivity contribution in [3.8, 4) is 0 Å². The Balaban J connectivity index is 0.00000204. The number of rotatable bonds is 4. The van der Waals surface area contributed by atoms with Gasteiger partial charge in [0.15, 0.2) is 11.5 Å². The molecule has 3 heterocycles. The van der Waals surface area contributed by atoms with E-state index in [1.807, 2.05) is 4.90 Å². The topological polar surface area (TPSA) is 117 Å². The van der Waals surface area contributed by atoms with Gasteiger partial charge in [-0.2, -0.15) is 0 Å². The molecule has 1 fully saturated rings. The fourth-order valence-corrected chi connectivity index (χ4v) is 3.32. The highest BCUT2D eigenvalue weighted by Gasteiger charge is 2.27. The van der Waals surface area contributed by atoms with Crippen molar-refractivity contribution >= 4 is 29.3 Å². The number of nitrogen functional groups attached to an aromatic ring is 1. The second kappa shape index (κ2) is 8.92. The molecule has 0 unspecified atom stereocenters. The van der Waals surface area contributed by atoms with Crippen LogP contribution in [0.15, 0.2) is 48.8 Å². The molecule has 1 aliphatic heterocycles. The van der Waals surface area contributed by atoms with Crippen LogP contribution in [0.5, 0.6) is 0 Å². The molecule has 4 rings (SSSR count). The van der Waals surface area contributed by atoms with Crippen molar-refractivity contribution in [1.29, 1.82) is 0 Å². The van der Waals surface area contributed by atoms with Crippen molar-refractivity contribution < 1.29 is 21.2 Å². The summed E-state index contributed by atoms with van der Waals surface area (Å²) in [5.41, 5.74) is 5.21. The van der Waals surface area contributed by atoms with E-state index in [2.05, 4.69) is 20.3 Å². The normalized spacial score (nSPS) is 13.7. The minimum Gasteiger partial charge on any atom is -0.382 e. The summed E-state index contributed by atoms with van der Waals surface area (Å²) in [6, 6.07) is 8.38. The average Bonchev–Trinajstić information content (AvgIpc) is 2.80. The number of hydrogen-bond donors (Lipinski definition) is 2. The van der Waals surface area contributed by atoms with Crippen molar-refractivity contribution in [1.82, 2.24) is 19.9 Å². The third-order valence-corrected chi connectivity index (χ3v) is 4.98. The molecule has 3 N–H and O–H groups in total. The maximum Gasteiger partial charge on any atom is 0.279 e. The number of nitrogens with one attached hydrogen (secondary N) is 1. The first kappa shape index (κ1) is 21.1. The summed E-state index contributed by atoms with van der Waals surface area (Å²) < 4.78 is 27.9. The van der Waals surface area contributed by atoms with Gasteiger partial charge in [-0.15, -0.1) is 0 Å². The molecule has 1 saturated heterocycles. The molecular formula is C21H23F2N7O2. The van der Waals surface area contributed by atoms with Gasteiger partial charge in [-0.05, 0) is 24.3 Å². The number of halogens is 2. The fourth-order valence-electron chi connectivity index (χ4n) is 3.32. The van der Waals surface area contributed by atoms with Crippen LogP contribution in [0.25, 0.3) is 0 Å². The molecule has 11 heteroatoms. The summed E-state index contributed by atoms with van der Waals surface area (Å²) in [6.45, 7) is 1.10. The van der Waals surface area contributed by atoms with Crippen molar-refractivity contribution in [2.75, 3.05) is 42.1 Å². The number of aromatic nitrogens is 3. The molecule has 168 valence electrons. The first-order valence-electron chi connectivity index (χ1n) is 9.77. The van der Waals surface area contributed by atoms with Crippen LogP contribution in [-0.2, 0) is 0 Å². The van der Waals surface area contributed by atoms with Gasteiger partial charge in [-0.25, -0.2) is 23.7 Å². The van der Waals surface area contributed by atoms with Crippen LogP contribution < -0.4 is 16.0 Å². The predicted octanol–water partition coefficient (Wildman–Crippen LogP) is 2.44. The largest absolute Gasteiger partial charge is 0.382 e. The number of benzene rings is 1. The van der Waals surface area contributed by atoms with Crippen LogP contribution in [-0.4, -0.2) is 57.8 Å². The lowest BCUT2D eigenvalue weighted by Crippen LogP contribution is -2.49. The Bertz CT molecular complexity index is 1140. The molecule has 0 atom stereocenters. The highest BCUT2D eigenvalue weighted by Crippen LogP contribution is 2.20. The van der Waals surface area contributed by atoms with Gasteiger partial charge in [0.25, 0.3) is 11.8 Å². The zero-order valence-electron chi connectivity index (χ0n) is 16.8. The number of pyridine rings is 1. The highest BCUT2D eigenvalue weighted by molar-refractivity contribution is 6.05. The second-order valence-corrected chi connectivity index (χ2v) is 7.01. The van der Waals surface area contributed by atoms with E-state index in [9.17, 15) is 18.4 Å². The molecule has 9 nitrogen and oxygen atoms in total. The summed E-state index contributed by atoms with van der Waals surface area (Å²) in [7, 11) is 0. The van der Waals surface area contributed by atoms with Gasteiger partial charge in [0.1, 0.15) is 28.8 Å². The molecule has 2 amide bonds. The Hall–Kier alpha value is -4.15. The van der Waals surface area contributed by atoms with Gasteiger partial charge in [0.05, 0.1) is 6.20 Å². The molecule has 0 aliphatic carbocycles. The Morgan fingerprint density at radius 1 is 1.00 bits per heavy atom. The Morgan fingerprint density at radius 3 is 2.38 bits per heavy atom. The minimum atomic E-state index is -0.898. The number of amides is 2. The van der Waals surface area contributed by atoms with E-state index in [-0.39, 0.29) is 27.5 Å². The molecule has 1 aromatic carbocycles. The van der Waals surface area contributed by atoms with Crippen molar-refractivity contribution in [2.45, 2.75) is 0 Å². The van der Waals surface area contributed by atoms with Crippen LogP contribution in [0, 0.1) is 11.6 Å². The Kier molecular flexibility index (Phi) is 5.88. The monoisotopic (exact) mass is 443 g/mol. The summed E-state index contributed by atoms with van der Waals surface area (Å²) in [6.07, 6.45) is 2.97. The van der Waals surface area contributed by atoms with Crippen molar-refractivity contribution in [3.63, 3.8) is 0 Å². The Labute approximate surface area is 184 Å². The number of anilines is 3. The Morgan fingerprint density at radius 2 is 1.72 bits per heavy atom. The van der Waals surface area contributed by atoms with Gasteiger partial charge in [-0.1, -0.05) is 12.1 Å². The predicted molar refractivity (Wildman–Crippen MR) is 117 cm³/mol. The first-order valence-corrected chi connectivity index (χ1v) is 9.77. The third-order valence-electron chi connectivity index (χ3n) is 4.98. The van der Waals surface area contributed by atoms with Crippen LogP contribution in [0.1, 0.15) is 23.7 Å². The van der Waals surface area contributed by atoms with Crippen LogP contribution in [0.2, 0.25) is 0 Å². The van der Waals surface area contributed by atoms with Crippen LogP contribution in [0.4, 0.5) is 26.2 Å². The molecule has 1 aliphatic rings. The molecule has 0 spiro atoms. The molecular weight excluding hydrogens is 420 g/mol. The van der Waals surface area contributed by atoms with Crippen LogP contribution in [0.3, 0.4) is 0 Å². The molecule has 2 aromatic heterocycles. The molecule has 0 bridgehead atoms. The molecule has 0 saturated carbocycles. The standard InChI is InChI=1S/C21H19F2N7O2.2H2/c22-13-4-3-5-14(23)17(13)21(32)30-10-8-29(9-11-30)16-12-26-19(24)18(28-16)20(31)27-15-6-1-2-7-25-15;;/h1-7,12H,8-11H2,(H2,24,26)(H,25,27,31);2*1H. The summed E-state index contributed by atoms with van der Waals surface area (Å²) in [5, 5.41) is 2.60. The zero-order chi connectivity index (χ0) is 22.7. The van der Waals surface area contributed by atoms with Crippen molar-refractivity contribution in [2.24, 2.45) is 0 Å². The molecule has 0 radical (unpaired) electrons. The van der Waals surface area contributed by atoms with Gasteiger partial charge in [0, 0.05) is 35.2 Å². The quantitative estimate of drug-likeness (QED) is 0.636. The smallest absolute Gasteiger partial charge is 0.279 e. The highest BCUT2D eigenvalue weighted by atomic mass is 19.1. The minimum absolute atomic E-state index is 0. The van der Waals surface area contributed by atoms with Crippen LogP contribution >= 0.6 is 0 Å². The third kappa shape index (κ3) is 4.31. The number of hydrogen-bond acceptors (Lipinski definition) is 7. The van der Waals surface area contributed by atoms with E-state index in [1.54, 1.807) is 18.2 Å². The molecule has 32 heavy (non-hydrogen) atoms. The van der Waals surface area contributed by atoms with Gasteiger partial charge in [0.2, 0.25) is 0 Å². The summed E-state index contributed by atoms with van der Waals surface area (Å²) >= 11 is 0. The number of nitrogens with zero attached hydrogens (tertiary/aromatic N) is 5. The first-order chi connectivity index (χ1) is 15.4. The fraction of sp³-hybridized carbons (Fsp3) is 0.190. The van der Waals surface area contributed by atoms with Gasteiger partial charge >= 0.3 is 0 Å². The van der Waals surface area contributed by atoms with Gasteiger partial charge in [-0.3, -0.25) is 9.59 Å². The number of carbonyl (C=O) groups is 2.